The van der Waals surface area contributed by atoms with E-state index < -0.39 is 21.7 Å². The monoisotopic (exact) mass is 432 g/mol. The van der Waals surface area contributed by atoms with Crippen LogP contribution in [0.2, 0.25) is 0 Å². The molecule has 1 aliphatic rings. The Labute approximate surface area is 175 Å². The Hall–Kier alpha value is -3.07. The van der Waals surface area contributed by atoms with Gasteiger partial charge < -0.3 is 19.7 Å². The zero-order valence-corrected chi connectivity index (χ0v) is 17.7. The van der Waals surface area contributed by atoms with Gasteiger partial charge in [0.25, 0.3) is 5.91 Å². The first-order valence-electron chi connectivity index (χ1n) is 9.66. The lowest BCUT2D eigenvalue weighted by Gasteiger charge is -2.22. The van der Waals surface area contributed by atoms with E-state index in [-0.39, 0.29) is 29.3 Å². The number of fused-ring (bicyclic) bond motifs is 1. The zero-order chi connectivity index (χ0) is 21.7. The van der Waals surface area contributed by atoms with Gasteiger partial charge in [0.15, 0.2) is 21.3 Å². The van der Waals surface area contributed by atoms with Gasteiger partial charge in [-0.2, -0.15) is 0 Å². The minimum absolute atomic E-state index is 0.0248. The van der Waals surface area contributed by atoms with E-state index in [4.69, 9.17) is 9.47 Å². The van der Waals surface area contributed by atoms with Crippen molar-refractivity contribution in [2.24, 2.45) is 0 Å². The van der Waals surface area contributed by atoms with E-state index in [9.17, 15) is 18.0 Å². The number of carbonyl (C=O) groups excluding carboxylic acids is 2. The van der Waals surface area contributed by atoms with Crippen LogP contribution in [0.4, 0.5) is 5.69 Å². The lowest BCUT2D eigenvalue weighted by atomic mass is 10.2. The lowest BCUT2D eigenvalue weighted by molar-refractivity contribution is -0.116. The van der Waals surface area contributed by atoms with Gasteiger partial charge in [-0.3, -0.25) is 9.59 Å². The summed E-state index contributed by atoms with van der Waals surface area (Å²) in [6, 6.07) is 11.1. The van der Waals surface area contributed by atoms with Gasteiger partial charge in [-0.25, -0.2) is 8.42 Å². The highest BCUT2D eigenvalue weighted by atomic mass is 32.2. The van der Waals surface area contributed by atoms with Crippen LogP contribution in [-0.4, -0.2) is 57.2 Å². The van der Waals surface area contributed by atoms with Crippen LogP contribution in [0.25, 0.3) is 0 Å². The third kappa shape index (κ3) is 4.73. The van der Waals surface area contributed by atoms with Gasteiger partial charge in [0.2, 0.25) is 5.91 Å². The molecule has 1 aliphatic heterocycles. The largest absolute Gasteiger partial charge is 0.486 e. The molecule has 9 heteroatoms. The number of hydrogen-bond acceptors (Lipinski definition) is 6. The summed E-state index contributed by atoms with van der Waals surface area (Å²) in [6.07, 6.45) is 0. The molecule has 1 heterocycles. The Morgan fingerprint density at radius 1 is 1.03 bits per heavy atom. The van der Waals surface area contributed by atoms with Crippen LogP contribution in [0.3, 0.4) is 0 Å². The molecule has 0 radical (unpaired) electrons. The number of benzene rings is 2. The zero-order valence-electron chi connectivity index (χ0n) is 16.9. The number of carbonyl (C=O) groups is 2. The van der Waals surface area contributed by atoms with Crippen LogP contribution in [0.1, 0.15) is 24.2 Å². The molecule has 0 bridgehead atoms. The molecule has 0 saturated carbocycles. The van der Waals surface area contributed by atoms with E-state index in [1.807, 2.05) is 0 Å². The summed E-state index contributed by atoms with van der Waals surface area (Å²) in [6.45, 7) is 4.18. The summed E-state index contributed by atoms with van der Waals surface area (Å²) < 4.78 is 35.6. The van der Waals surface area contributed by atoms with Gasteiger partial charge >= 0.3 is 0 Å². The number of ether oxygens (including phenoxy) is 2. The van der Waals surface area contributed by atoms with Gasteiger partial charge in [0, 0.05) is 18.3 Å². The first-order chi connectivity index (χ1) is 14.4. The Bertz CT molecular complexity index is 1050. The van der Waals surface area contributed by atoms with Gasteiger partial charge in [0.1, 0.15) is 19.8 Å². The Morgan fingerprint density at radius 3 is 2.43 bits per heavy atom. The molecule has 2 amide bonds. The van der Waals surface area contributed by atoms with Crippen LogP contribution in [0.5, 0.6) is 11.5 Å². The van der Waals surface area contributed by atoms with Gasteiger partial charge in [-0.05, 0) is 31.2 Å². The minimum atomic E-state index is -3.58. The Kier molecular flexibility index (Phi) is 6.61. The van der Waals surface area contributed by atoms with E-state index in [2.05, 4.69) is 5.32 Å². The molecule has 2 aromatic rings. The van der Waals surface area contributed by atoms with Crippen molar-refractivity contribution >= 4 is 27.3 Å². The van der Waals surface area contributed by atoms with Crippen LogP contribution in [0.15, 0.2) is 47.4 Å². The summed E-state index contributed by atoms with van der Waals surface area (Å²) in [7, 11) is -3.58. The number of nitrogens with one attached hydrogen (secondary N) is 1. The highest BCUT2D eigenvalue weighted by Crippen LogP contribution is 2.32. The van der Waals surface area contributed by atoms with Crippen LogP contribution < -0.4 is 14.8 Å². The molecule has 0 aromatic heterocycles. The first kappa shape index (κ1) is 21.6. The molecule has 0 aliphatic carbocycles. The van der Waals surface area contributed by atoms with Crippen molar-refractivity contribution in [3.63, 3.8) is 0 Å². The molecule has 0 saturated heterocycles. The standard InChI is InChI=1S/C21H24N2O6S/c1-3-23(21(25)16-7-5-6-8-19(16)30(26,27)4-2)14-20(24)22-15-9-10-17-18(13-15)29-12-11-28-17/h5-10,13H,3-4,11-12,14H2,1-2H3,(H,22,24). The number of hydrogen-bond donors (Lipinski definition) is 1. The van der Waals surface area contributed by atoms with Crippen LogP contribution >= 0.6 is 0 Å². The third-order valence-corrected chi connectivity index (χ3v) is 6.45. The summed E-state index contributed by atoms with van der Waals surface area (Å²) in [5.74, 6) is 0.119. The predicted octanol–water partition coefficient (Wildman–Crippen LogP) is 2.35. The molecule has 1 N–H and O–H groups in total. The fourth-order valence-corrected chi connectivity index (χ4v) is 4.15. The number of nitrogens with zero attached hydrogens (tertiary/aromatic N) is 1. The summed E-state index contributed by atoms with van der Waals surface area (Å²) in [5.41, 5.74) is 0.579. The summed E-state index contributed by atoms with van der Waals surface area (Å²) >= 11 is 0. The maximum atomic E-state index is 13.0. The SMILES string of the molecule is CCN(CC(=O)Nc1ccc2c(c1)OCCO2)C(=O)c1ccccc1S(=O)(=O)CC. The molecule has 2 aromatic carbocycles. The molecule has 3 rings (SSSR count). The molecular formula is C21H24N2O6S. The summed E-state index contributed by atoms with van der Waals surface area (Å²) in [4.78, 5) is 26.8. The van der Waals surface area contributed by atoms with E-state index in [1.165, 1.54) is 24.0 Å². The van der Waals surface area contributed by atoms with E-state index >= 15 is 0 Å². The number of likely N-dealkylation sites (N-methyl/N-ethyl adjacent to an activating group) is 1. The van der Waals surface area contributed by atoms with Gasteiger partial charge in [0.05, 0.1) is 16.2 Å². The van der Waals surface area contributed by atoms with Crippen LogP contribution in [0, 0.1) is 0 Å². The Morgan fingerprint density at radius 2 is 1.73 bits per heavy atom. The fourth-order valence-electron chi connectivity index (χ4n) is 3.06. The number of amides is 2. The van der Waals surface area contributed by atoms with Crippen molar-refractivity contribution in [2.45, 2.75) is 18.7 Å². The highest BCUT2D eigenvalue weighted by Gasteiger charge is 2.25. The maximum absolute atomic E-state index is 13.0. The van der Waals surface area contributed by atoms with E-state index in [1.54, 1.807) is 37.3 Å². The molecule has 30 heavy (non-hydrogen) atoms. The normalized spacial score (nSPS) is 12.9. The average molecular weight is 432 g/mol. The fraction of sp³-hybridized carbons (Fsp3) is 0.333. The van der Waals surface area contributed by atoms with E-state index in [0.29, 0.717) is 30.4 Å². The molecule has 0 fully saturated rings. The van der Waals surface area contributed by atoms with Crippen molar-refractivity contribution < 1.29 is 27.5 Å². The van der Waals surface area contributed by atoms with Crippen molar-refractivity contribution in [1.82, 2.24) is 4.90 Å². The second kappa shape index (κ2) is 9.17. The molecule has 0 spiro atoms. The van der Waals surface area contributed by atoms with E-state index in [0.717, 1.165) is 0 Å². The van der Waals surface area contributed by atoms with Crippen LogP contribution in [-0.2, 0) is 14.6 Å². The second-order valence-electron chi connectivity index (χ2n) is 6.63. The highest BCUT2D eigenvalue weighted by molar-refractivity contribution is 7.91. The maximum Gasteiger partial charge on any atom is 0.255 e. The molecular weight excluding hydrogens is 408 g/mol. The summed E-state index contributed by atoms with van der Waals surface area (Å²) in [5, 5.41) is 2.73. The molecule has 0 unspecified atom stereocenters. The average Bonchev–Trinajstić information content (AvgIpc) is 2.77. The quantitative estimate of drug-likeness (QED) is 0.721. The topological polar surface area (TPSA) is 102 Å². The van der Waals surface area contributed by atoms with Gasteiger partial charge in [-0.1, -0.05) is 19.1 Å². The van der Waals surface area contributed by atoms with Gasteiger partial charge in [-0.15, -0.1) is 0 Å². The third-order valence-electron chi connectivity index (χ3n) is 4.66. The molecule has 0 atom stereocenters. The minimum Gasteiger partial charge on any atom is -0.486 e. The predicted molar refractivity (Wildman–Crippen MR) is 112 cm³/mol. The Balaban J connectivity index is 1.74. The molecule has 8 nitrogen and oxygen atoms in total. The van der Waals surface area contributed by atoms with Crippen molar-refractivity contribution in [3.05, 3.63) is 48.0 Å². The first-order valence-corrected chi connectivity index (χ1v) is 11.3. The van der Waals surface area contributed by atoms with Crippen molar-refractivity contribution in [1.29, 1.82) is 0 Å². The molecule has 160 valence electrons. The smallest absolute Gasteiger partial charge is 0.255 e. The number of sulfone groups is 1. The lowest BCUT2D eigenvalue weighted by Crippen LogP contribution is -2.38. The van der Waals surface area contributed by atoms with Crippen molar-refractivity contribution in [2.75, 3.05) is 37.4 Å². The van der Waals surface area contributed by atoms with Crippen molar-refractivity contribution in [3.8, 4) is 11.5 Å². The number of rotatable bonds is 7. The second-order valence-corrected chi connectivity index (χ2v) is 8.87. The number of anilines is 1.